The van der Waals surface area contributed by atoms with E-state index < -0.39 is 0 Å². The van der Waals surface area contributed by atoms with Crippen LogP contribution in [-0.2, 0) is 11.8 Å². The number of piperazine rings is 1. The van der Waals surface area contributed by atoms with Gasteiger partial charge in [0.25, 0.3) is 0 Å². The SMILES string of the molecule is Cn1ccnc1SCC(=O)N1CCN(c2ccccc2)CC1. The van der Waals surface area contributed by atoms with E-state index in [0.29, 0.717) is 5.75 Å². The minimum atomic E-state index is 0.195. The lowest BCUT2D eigenvalue weighted by Crippen LogP contribution is -2.49. The Morgan fingerprint density at radius 2 is 1.91 bits per heavy atom. The molecule has 1 fully saturated rings. The van der Waals surface area contributed by atoms with E-state index in [1.165, 1.54) is 17.4 Å². The number of imidazole rings is 1. The zero-order valence-corrected chi connectivity index (χ0v) is 13.5. The zero-order chi connectivity index (χ0) is 15.4. The fourth-order valence-electron chi connectivity index (χ4n) is 2.56. The quantitative estimate of drug-likeness (QED) is 0.808. The number of para-hydroxylation sites is 1. The second-order valence-corrected chi connectivity index (χ2v) is 6.26. The van der Waals surface area contributed by atoms with Crippen LogP contribution in [0, 0.1) is 0 Å². The minimum Gasteiger partial charge on any atom is -0.368 e. The van der Waals surface area contributed by atoms with Crippen molar-refractivity contribution in [1.29, 1.82) is 0 Å². The summed E-state index contributed by atoms with van der Waals surface area (Å²) in [6, 6.07) is 10.4. The summed E-state index contributed by atoms with van der Waals surface area (Å²) in [6.45, 7) is 3.36. The minimum absolute atomic E-state index is 0.195. The van der Waals surface area contributed by atoms with E-state index in [1.807, 2.05) is 28.8 Å². The first-order chi connectivity index (χ1) is 10.7. The Hall–Kier alpha value is -1.95. The van der Waals surface area contributed by atoms with Gasteiger partial charge in [0.2, 0.25) is 5.91 Å². The molecule has 22 heavy (non-hydrogen) atoms. The first-order valence-electron chi connectivity index (χ1n) is 7.42. The van der Waals surface area contributed by atoms with Crippen LogP contribution in [0.2, 0.25) is 0 Å². The number of aryl methyl sites for hydroxylation is 1. The number of rotatable bonds is 4. The van der Waals surface area contributed by atoms with Crippen molar-refractivity contribution < 1.29 is 4.79 Å². The number of benzene rings is 1. The molecular formula is C16H20N4OS. The maximum atomic E-state index is 12.3. The van der Waals surface area contributed by atoms with E-state index >= 15 is 0 Å². The van der Waals surface area contributed by atoms with Crippen molar-refractivity contribution in [2.24, 2.45) is 7.05 Å². The molecule has 1 saturated heterocycles. The van der Waals surface area contributed by atoms with Gasteiger partial charge in [0.1, 0.15) is 0 Å². The summed E-state index contributed by atoms with van der Waals surface area (Å²) >= 11 is 1.50. The van der Waals surface area contributed by atoms with Gasteiger partial charge in [-0.1, -0.05) is 30.0 Å². The number of carbonyl (C=O) groups is 1. The summed E-state index contributed by atoms with van der Waals surface area (Å²) in [5, 5.41) is 0.885. The van der Waals surface area contributed by atoms with Gasteiger partial charge in [0, 0.05) is 51.3 Å². The normalized spacial score (nSPS) is 15.1. The Morgan fingerprint density at radius 1 is 1.18 bits per heavy atom. The lowest BCUT2D eigenvalue weighted by Gasteiger charge is -2.36. The second-order valence-electron chi connectivity index (χ2n) is 5.31. The van der Waals surface area contributed by atoms with Crippen LogP contribution in [0.4, 0.5) is 5.69 Å². The van der Waals surface area contributed by atoms with Crippen LogP contribution in [0.25, 0.3) is 0 Å². The van der Waals surface area contributed by atoms with Crippen LogP contribution >= 0.6 is 11.8 Å². The molecule has 0 saturated carbocycles. The molecule has 116 valence electrons. The van der Waals surface area contributed by atoms with Gasteiger partial charge < -0.3 is 14.4 Å². The van der Waals surface area contributed by atoms with E-state index in [4.69, 9.17) is 0 Å². The molecule has 0 radical (unpaired) electrons. The third kappa shape index (κ3) is 3.44. The van der Waals surface area contributed by atoms with Crippen LogP contribution in [-0.4, -0.2) is 52.3 Å². The van der Waals surface area contributed by atoms with E-state index in [2.05, 4.69) is 34.1 Å². The fraction of sp³-hybridized carbons (Fsp3) is 0.375. The van der Waals surface area contributed by atoms with Crippen molar-refractivity contribution in [2.45, 2.75) is 5.16 Å². The Kier molecular flexibility index (Phi) is 4.68. The molecule has 0 N–H and O–H groups in total. The number of amides is 1. The number of thioether (sulfide) groups is 1. The Labute approximate surface area is 134 Å². The third-order valence-electron chi connectivity index (χ3n) is 3.86. The highest BCUT2D eigenvalue weighted by Crippen LogP contribution is 2.18. The lowest BCUT2D eigenvalue weighted by molar-refractivity contribution is -0.128. The molecule has 0 aliphatic carbocycles. The summed E-state index contributed by atoms with van der Waals surface area (Å²) in [5.74, 6) is 0.650. The maximum Gasteiger partial charge on any atom is 0.233 e. The Bertz CT molecular complexity index is 620. The topological polar surface area (TPSA) is 41.4 Å². The monoisotopic (exact) mass is 316 g/mol. The molecule has 0 bridgehead atoms. The van der Waals surface area contributed by atoms with Gasteiger partial charge in [-0.05, 0) is 12.1 Å². The second kappa shape index (κ2) is 6.87. The smallest absolute Gasteiger partial charge is 0.233 e. The average Bonchev–Trinajstić information content (AvgIpc) is 2.99. The highest BCUT2D eigenvalue weighted by molar-refractivity contribution is 7.99. The molecule has 6 heteroatoms. The van der Waals surface area contributed by atoms with Gasteiger partial charge in [-0.3, -0.25) is 4.79 Å². The molecule has 0 spiro atoms. The molecule has 1 aliphatic rings. The number of carbonyl (C=O) groups excluding carboxylic acids is 1. The van der Waals surface area contributed by atoms with Crippen molar-refractivity contribution in [3.05, 3.63) is 42.7 Å². The molecule has 0 atom stereocenters. The van der Waals surface area contributed by atoms with Crippen LogP contribution in [0.5, 0.6) is 0 Å². The predicted molar refractivity (Wildman–Crippen MR) is 89.2 cm³/mol. The van der Waals surface area contributed by atoms with Crippen LogP contribution in [0.15, 0.2) is 47.9 Å². The Morgan fingerprint density at radius 3 is 2.55 bits per heavy atom. The molecule has 2 aromatic rings. The largest absolute Gasteiger partial charge is 0.368 e. The highest BCUT2D eigenvalue weighted by Gasteiger charge is 2.21. The van der Waals surface area contributed by atoms with Crippen LogP contribution in [0.3, 0.4) is 0 Å². The fourth-order valence-corrected chi connectivity index (χ4v) is 3.40. The summed E-state index contributed by atoms with van der Waals surface area (Å²) in [6.07, 6.45) is 3.65. The van der Waals surface area contributed by atoms with E-state index in [0.717, 1.165) is 31.3 Å². The van der Waals surface area contributed by atoms with Gasteiger partial charge in [-0.25, -0.2) is 4.98 Å². The standard InChI is InChI=1S/C16H20N4OS/c1-18-8-7-17-16(18)22-13-15(21)20-11-9-19(10-12-20)14-5-3-2-4-6-14/h2-8H,9-13H2,1H3. The number of hydrogen-bond acceptors (Lipinski definition) is 4. The first kappa shape index (κ1) is 15.0. The predicted octanol–water partition coefficient (Wildman–Crippen LogP) is 1.86. The van der Waals surface area contributed by atoms with Crippen molar-refractivity contribution >= 4 is 23.4 Å². The number of nitrogens with zero attached hydrogens (tertiary/aromatic N) is 4. The van der Waals surface area contributed by atoms with Crippen molar-refractivity contribution in [3.8, 4) is 0 Å². The van der Waals surface area contributed by atoms with Crippen molar-refractivity contribution in [1.82, 2.24) is 14.5 Å². The van der Waals surface area contributed by atoms with E-state index in [9.17, 15) is 4.79 Å². The Balaban J connectivity index is 1.49. The number of anilines is 1. The summed E-state index contributed by atoms with van der Waals surface area (Å²) in [7, 11) is 1.94. The van der Waals surface area contributed by atoms with Gasteiger partial charge in [-0.15, -0.1) is 0 Å². The van der Waals surface area contributed by atoms with Gasteiger partial charge >= 0.3 is 0 Å². The lowest BCUT2D eigenvalue weighted by atomic mass is 10.2. The molecule has 3 rings (SSSR count). The van der Waals surface area contributed by atoms with Gasteiger partial charge in [0.05, 0.1) is 5.75 Å². The number of aromatic nitrogens is 2. The molecular weight excluding hydrogens is 296 g/mol. The van der Waals surface area contributed by atoms with Crippen LogP contribution in [0.1, 0.15) is 0 Å². The average molecular weight is 316 g/mol. The molecule has 0 unspecified atom stereocenters. The van der Waals surface area contributed by atoms with E-state index in [1.54, 1.807) is 6.20 Å². The van der Waals surface area contributed by atoms with Gasteiger partial charge in [0.15, 0.2) is 5.16 Å². The highest BCUT2D eigenvalue weighted by atomic mass is 32.2. The number of hydrogen-bond donors (Lipinski definition) is 0. The van der Waals surface area contributed by atoms with Gasteiger partial charge in [-0.2, -0.15) is 0 Å². The third-order valence-corrected chi connectivity index (χ3v) is 4.90. The zero-order valence-electron chi connectivity index (χ0n) is 12.7. The summed E-state index contributed by atoms with van der Waals surface area (Å²) in [5.41, 5.74) is 1.23. The maximum absolute atomic E-state index is 12.3. The van der Waals surface area contributed by atoms with Crippen molar-refractivity contribution in [2.75, 3.05) is 36.8 Å². The first-order valence-corrected chi connectivity index (χ1v) is 8.40. The molecule has 2 heterocycles. The molecule has 1 aromatic heterocycles. The molecule has 1 amide bonds. The molecule has 1 aliphatic heterocycles. The van der Waals surface area contributed by atoms with Crippen molar-refractivity contribution in [3.63, 3.8) is 0 Å². The summed E-state index contributed by atoms with van der Waals surface area (Å²) < 4.78 is 1.94. The van der Waals surface area contributed by atoms with Crippen LogP contribution < -0.4 is 4.90 Å². The van der Waals surface area contributed by atoms with E-state index in [-0.39, 0.29) is 5.91 Å². The molecule has 1 aromatic carbocycles. The summed E-state index contributed by atoms with van der Waals surface area (Å²) in [4.78, 5) is 20.8. The molecule has 5 nitrogen and oxygen atoms in total.